The Balaban J connectivity index is 1.15. The lowest BCUT2D eigenvalue weighted by atomic mass is 9.87. The second-order valence-corrected chi connectivity index (χ2v) is 14.3. The van der Waals surface area contributed by atoms with Crippen molar-refractivity contribution in [1.29, 1.82) is 0 Å². The van der Waals surface area contributed by atoms with Crippen LogP contribution in [0.1, 0.15) is 18.1 Å². The van der Waals surface area contributed by atoms with Crippen LogP contribution in [0.4, 0.5) is 0 Å². The highest BCUT2D eigenvalue weighted by Gasteiger charge is 2.20. The van der Waals surface area contributed by atoms with E-state index in [0.29, 0.717) is 11.7 Å². The fourth-order valence-corrected chi connectivity index (χ4v) is 7.83. The van der Waals surface area contributed by atoms with E-state index in [0.717, 1.165) is 73.3 Å². The number of benzene rings is 7. The molecule has 0 N–H and O–H groups in total. The van der Waals surface area contributed by atoms with Gasteiger partial charge in [0.25, 0.3) is 0 Å². The normalized spacial score (nSPS) is 13.7. The fourth-order valence-electron chi connectivity index (χ4n) is 7.83. The lowest BCUT2D eigenvalue weighted by Crippen LogP contribution is -2.03. The second kappa shape index (κ2) is 13.3. The van der Waals surface area contributed by atoms with E-state index >= 15 is 0 Å². The van der Waals surface area contributed by atoms with E-state index in [2.05, 4.69) is 171 Å². The first-order valence-corrected chi connectivity index (χ1v) is 18.6. The molecule has 2 heterocycles. The van der Waals surface area contributed by atoms with Gasteiger partial charge in [0.2, 0.25) is 0 Å². The zero-order chi connectivity index (χ0) is 36.0. The molecule has 256 valence electrons. The van der Waals surface area contributed by atoms with Crippen LogP contribution in [-0.2, 0) is 6.42 Å². The first kappa shape index (κ1) is 31.9. The zero-order valence-electron chi connectivity index (χ0n) is 29.9. The fraction of sp³-hybridized carbons (Fsp3) is 0.0588. The van der Waals surface area contributed by atoms with Gasteiger partial charge in [0.15, 0.2) is 5.82 Å². The van der Waals surface area contributed by atoms with E-state index < -0.39 is 0 Å². The van der Waals surface area contributed by atoms with Gasteiger partial charge in [-0.15, -0.1) is 0 Å². The number of aromatic nitrogens is 2. The molecule has 0 saturated carbocycles. The van der Waals surface area contributed by atoms with Crippen LogP contribution in [0, 0.1) is 5.92 Å². The molecular weight excluding hydrogens is 657 g/mol. The predicted octanol–water partition coefficient (Wildman–Crippen LogP) is 13.6. The second-order valence-electron chi connectivity index (χ2n) is 14.3. The largest absolute Gasteiger partial charge is 0.456 e. The van der Waals surface area contributed by atoms with Crippen LogP contribution < -0.4 is 0 Å². The molecule has 0 aliphatic heterocycles. The summed E-state index contributed by atoms with van der Waals surface area (Å²) in [6.45, 7) is 2.28. The molecule has 9 aromatic rings. The lowest BCUT2D eigenvalue weighted by Gasteiger charge is -2.16. The number of hydrogen-bond donors (Lipinski definition) is 0. The van der Waals surface area contributed by atoms with Crippen molar-refractivity contribution in [3.05, 3.63) is 187 Å². The van der Waals surface area contributed by atoms with Crippen molar-refractivity contribution in [2.45, 2.75) is 13.3 Å². The van der Waals surface area contributed by atoms with Crippen molar-refractivity contribution < 1.29 is 4.42 Å². The van der Waals surface area contributed by atoms with E-state index in [1.807, 2.05) is 18.2 Å². The minimum Gasteiger partial charge on any atom is -0.456 e. The van der Waals surface area contributed by atoms with Gasteiger partial charge >= 0.3 is 0 Å². The number of rotatable bonds is 6. The van der Waals surface area contributed by atoms with Gasteiger partial charge in [-0.05, 0) is 105 Å². The Bertz CT molecular complexity index is 2840. The summed E-state index contributed by atoms with van der Waals surface area (Å²) >= 11 is 0. The van der Waals surface area contributed by atoms with Gasteiger partial charge in [-0.25, -0.2) is 9.97 Å². The van der Waals surface area contributed by atoms with Crippen LogP contribution in [0.2, 0.25) is 0 Å². The highest BCUT2D eigenvalue weighted by molar-refractivity contribution is 6.09. The van der Waals surface area contributed by atoms with Crippen molar-refractivity contribution >= 4 is 28.0 Å². The highest BCUT2D eigenvalue weighted by Crippen LogP contribution is 2.40. The average molecular weight is 693 g/mol. The van der Waals surface area contributed by atoms with E-state index in [1.165, 1.54) is 27.6 Å². The SMILES string of the molecule is CC1C=Cc2ccc3oc4ccc(-c5cc(-c6cc(-c7ccccc7)cc(-c7ccc(-c8ccccc8)cc7)c6)nc(-c6ccccc6)n5)cc4c3c2C1. The van der Waals surface area contributed by atoms with Crippen molar-refractivity contribution in [2.75, 3.05) is 0 Å². The van der Waals surface area contributed by atoms with Gasteiger partial charge < -0.3 is 4.42 Å². The molecule has 1 aliphatic carbocycles. The maximum absolute atomic E-state index is 6.42. The standard InChI is InChI=1S/C51H36N2O/c1-33-17-18-38-23-26-49-50(44(38)27-33)45-31-40(24-25-48(45)54-49)46-32-47(53-51(52-46)39-15-9-4-10-16-39)43-29-41(35-13-7-3-8-14-35)28-42(30-43)37-21-19-36(20-22-37)34-11-5-2-6-12-34/h2-26,28-33H,27H2,1H3. The van der Waals surface area contributed by atoms with E-state index in [1.54, 1.807) is 0 Å². The van der Waals surface area contributed by atoms with Crippen LogP contribution in [0.5, 0.6) is 0 Å². The Labute approximate surface area is 315 Å². The number of hydrogen-bond acceptors (Lipinski definition) is 3. The Morgan fingerprint density at radius 2 is 0.981 bits per heavy atom. The molecule has 2 aromatic heterocycles. The summed E-state index contributed by atoms with van der Waals surface area (Å²) in [6, 6.07) is 59.9. The summed E-state index contributed by atoms with van der Waals surface area (Å²) in [5.74, 6) is 1.17. The first-order valence-electron chi connectivity index (χ1n) is 18.6. The maximum atomic E-state index is 6.42. The summed E-state index contributed by atoms with van der Waals surface area (Å²) in [6.07, 6.45) is 5.55. The number of allylic oxidation sites excluding steroid dienone is 1. The molecule has 3 nitrogen and oxygen atoms in total. The molecule has 0 radical (unpaired) electrons. The quantitative estimate of drug-likeness (QED) is 0.174. The number of fused-ring (bicyclic) bond motifs is 5. The third kappa shape index (κ3) is 5.90. The van der Waals surface area contributed by atoms with Crippen LogP contribution in [0.15, 0.2) is 180 Å². The first-order chi connectivity index (χ1) is 26.6. The van der Waals surface area contributed by atoms with Crippen molar-refractivity contribution in [1.82, 2.24) is 9.97 Å². The van der Waals surface area contributed by atoms with Crippen molar-refractivity contribution in [2.24, 2.45) is 5.92 Å². The summed E-state index contributed by atoms with van der Waals surface area (Å²) in [5.41, 5.74) is 16.2. The molecule has 7 aromatic carbocycles. The smallest absolute Gasteiger partial charge is 0.160 e. The zero-order valence-corrected chi connectivity index (χ0v) is 29.9. The summed E-state index contributed by atoms with van der Waals surface area (Å²) < 4.78 is 6.42. The average Bonchev–Trinajstić information content (AvgIpc) is 3.63. The Hall–Kier alpha value is -6.84. The summed E-state index contributed by atoms with van der Waals surface area (Å²) in [4.78, 5) is 10.5. The lowest BCUT2D eigenvalue weighted by molar-refractivity contribution is 0.667. The van der Waals surface area contributed by atoms with E-state index in [9.17, 15) is 0 Å². The van der Waals surface area contributed by atoms with E-state index in [4.69, 9.17) is 14.4 Å². The molecule has 0 bridgehead atoms. The Kier molecular flexibility index (Phi) is 7.84. The van der Waals surface area contributed by atoms with Crippen LogP contribution in [0.3, 0.4) is 0 Å². The summed E-state index contributed by atoms with van der Waals surface area (Å²) in [5, 5.41) is 2.33. The van der Waals surface area contributed by atoms with Crippen molar-refractivity contribution in [3.63, 3.8) is 0 Å². The molecule has 10 rings (SSSR count). The minimum absolute atomic E-state index is 0.479. The van der Waals surface area contributed by atoms with Gasteiger partial charge in [-0.3, -0.25) is 0 Å². The Morgan fingerprint density at radius 3 is 1.65 bits per heavy atom. The summed E-state index contributed by atoms with van der Waals surface area (Å²) in [7, 11) is 0. The molecule has 0 fully saturated rings. The third-order valence-electron chi connectivity index (χ3n) is 10.6. The molecule has 1 unspecified atom stereocenters. The molecule has 1 aliphatic rings. The highest BCUT2D eigenvalue weighted by atomic mass is 16.3. The molecule has 0 saturated heterocycles. The topological polar surface area (TPSA) is 38.9 Å². The maximum Gasteiger partial charge on any atom is 0.160 e. The Morgan fingerprint density at radius 1 is 0.463 bits per heavy atom. The third-order valence-corrected chi connectivity index (χ3v) is 10.6. The number of furan rings is 1. The minimum atomic E-state index is 0.479. The monoisotopic (exact) mass is 692 g/mol. The molecule has 0 amide bonds. The van der Waals surface area contributed by atoms with E-state index in [-0.39, 0.29) is 0 Å². The van der Waals surface area contributed by atoms with Crippen LogP contribution in [-0.4, -0.2) is 9.97 Å². The van der Waals surface area contributed by atoms with Gasteiger partial charge in [0.1, 0.15) is 11.2 Å². The van der Waals surface area contributed by atoms with Gasteiger partial charge in [-0.1, -0.05) is 140 Å². The predicted molar refractivity (Wildman–Crippen MR) is 224 cm³/mol. The van der Waals surface area contributed by atoms with Gasteiger partial charge in [-0.2, -0.15) is 0 Å². The van der Waals surface area contributed by atoms with Crippen molar-refractivity contribution in [3.8, 4) is 67.3 Å². The molecule has 3 heteroatoms. The van der Waals surface area contributed by atoms with Gasteiger partial charge in [0, 0.05) is 27.5 Å². The van der Waals surface area contributed by atoms with Crippen LogP contribution >= 0.6 is 0 Å². The molecule has 54 heavy (non-hydrogen) atoms. The molecule has 1 atom stereocenters. The van der Waals surface area contributed by atoms with Gasteiger partial charge in [0.05, 0.1) is 11.4 Å². The molecule has 0 spiro atoms. The number of nitrogens with zero attached hydrogens (tertiary/aromatic N) is 2. The van der Waals surface area contributed by atoms with Crippen LogP contribution in [0.25, 0.3) is 95.3 Å². The molecular formula is C51H36N2O.